The molecule has 2 unspecified atom stereocenters. The maximum Gasteiger partial charge on any atom is 0.312 e. The minimum Gasteiger partial charge on any atom is -0.460 e. The molecule has 0 aromatic rings. The molecule has 3 heteroatoms. The van der Waals surface area contributed by atoms with Crippen molar-refractivity contribution in [2.75, 3.05) is 0 Å². The topological polar surface area (TPSA) is 46.5 Å². The summed E-state index contributed by atoms with van der Waals surface area (Å²) in [6.07, 6.45) is 1.97. The molecular formula is C12H22O3. The van der Waals surface area contributed by atoms with Crippen molar-refractivity contribution in [2.24, 2.45) is 5.92 Å². The summed E-state index contributed by atoms with van der Waals surface area (Å²) >= 11 is 0. The lowest BCUT2D eigenvalue weighted by molar-refractivity contribution is -0.163. The fourth-order valence-electron chi connectivity index (χ4n) is 1.25. The molecule has 0 bridgehead atoms. The van der Waals surface area contributed by atoms with E-state index in [4.69, 9.17) is 4.74 Å². The first-order valence-corrected chi connectivity index (χ1v) is 5.33. The summed E-state index contributed by atoms with van der Waals surface area (Å²) < 4.78 is 5.23. The first kappa shape index (κ1) is 14.2. The van der Waals surface area contributed by atoms with E-state index >= 15 is 0 Å². The van der Waals surface area contributed by atoms with Crippen molar-refractivity contribution in [2.45, 2.75) is 52.2 Å². The third-order valence-corrected chi connectivity index (χ3v) is 2.01. The molecule has 0 aliphatic rings. The van der Waals surface area contributed by atoms with Crippen LogP contribution in [-0.4, -0.2) is 22.8 Å². The first-order valence-electron chi connectivity index (χ1n) is 5.33. The van der Waals surface area contributed by atoms with E-state index < -0.39 is 17.6 Å². The largest absolute Gasteiger partial charge is 0.460 e. The van der Waals surface area contributed by atoms with Crippen molar-refractivity contribution < 1.29 is 14.6 Å². The molecular weight excluding hydrogens is 192 g/mol. The van der Waals surface area contributed by atoms with Gasteiger partial charge in [-0.2, -0.15) is 0 Å². The Labute approximate surface area is 92.1 Å². The lowest BCUT2D eigenvalue weighted by Gasteiger charge is -2.25. The van der Waals surface area contributed by atoms with Crippen molar-refractivity contribution in [1.82, 2.24) is 0 Å². The Kier molecular flexibility index (Phi) is 5.58. The highest BCUT2D eigenvalue weighted by molar-refractivity contribution is 5.73. The number of carbonyl (C=O) groups is 1. The molecule has 0 rings (SSSR count). The molecule has 0 aliphatic heterocycles. The van der Waals surface area contributed by atoms with Gasteiger partial charge >= 0.3 is 5.97 Å². The van der Waals surface area contributed by atoms with E-state index in [1.54, 1.807) is 6.08 Å². The summed E-state index contributed by atoms with van der Waals surface area (Å²) in [5.41, 5.74) is -0.510. The van der Waals surface area contributed by atoms with Crippen LogP contribution in [-0.2, 0) is 9.53 Å². The number of allylic oxidation sites excluding steroid dienone is 1. The van der Waals surface area contributed by atoms with Gasteiger partial charge in [-0.1, -0.05) is 13.0 Å². The molecule has 0 aliphatic carbocycles. The van der Waals surface area contributed by atoms with Gasteiger partial charge in [0.2, 0.25) is 0 Å². The number of rotatable bonds is 5. The smallest absolute Gasteiger partial charge is 0.312 e. The molecule has 1 N–H and O–H groups in total. The summed E-state index contributed by atoms with van der Waals surface area (Å²) in [5.74, 6) is -0.844. The van der Waals surface area contributed by atoms with Crippen molar-refractivity contribution in [3.05, 3.63) is 12.7 Å². The molecule has 88 valence electrons. The van der Waals surface area contributed by atoms with Crippen LogP contribution in [0.3, 0.4) is 0 Å². The number of aliphatic hydroxyl groups excluding tert-OH is 1. The van der Waals surface area contributed by atoms with Gasteiger partial charge in [-0.15, -0.1) is 6.58 Å². The average Bonchev–Trinajstić information content (AvgIpc) is 2.10. The molecule has 0 aromatic carbocycles. The Morgan fingerprint density at radius 1 is 1.53 bits per heavy atom. The second-order valence-corrected chi connectivity index (χ2v) is 4.64. The zero-order valence-corrected chi connectivity index (χ0v) is 10.1. The van der Waals surface area contributed by atoms with E-state index in [9.17, 15) is 9.90 Å². The van der Waals surface area contributed by atoms with Crippen LogP contribution in [0.5, 0.6) is 0 Å². The maximum absolute atomic E-state index is 11.7. The number of hydrogen-bond acceptors (Lipinski definition) is 3. The van der Waals surface area contributed by atoms with Crippen LogP contribution in [0, 0.1) is 5.92 Å². The van der Waals surface area contributed by atoms with Gasteiger partial charge in [-0.05, 0) is 33.6 Å². The lowest BCUT2D eigenvalue weighted by atomic mass is 9.96. The lowest BCUT2D eigenvalue weighted by Crippen LogP contribution is -2.34. The summed E-state index contributed by atoms with van der Waals surface area (Å²) in [6.45, 7) is 10.9. The number of esters is 1. The van der Waals surface area contributed by atoms with E-state index in [0.29, 0.717) is 12.8 Å². The van der Waals surface area contributed by atoms with Crippen molar-refractivity contribution in [3.8, 4) is 0 Å². The zero-order chi connectivity index (χ0) is 12.1. The second-order valence-electron chi connectivity index (χ2n) is 4.64. The van der Waals surface area contributed by atoms with Gasteiger partial charge in [-0.25, -0.2) is 0 Å². The van der Waals surface area contributed by atoms with Gasteiger partial charge in [-0.3, -0.25) is 4.79 Å². The van der Waals surface area contributed by atoms with E-state index in [1.165, 1.54) is 0 Å². The molecule has 15 heavy (non-hydrogen) atoms. The molecule has 2 atom stereocenters. The Balaban J connectivity index is 4.48. The summed E-state index contributed by atoms with van der Waals surface area (Å²) in [4.78, 5) is 11.7. The van der Waals surface area contributed by atoms with Crippen LogP contribution in [0.2, 0.25) is 0 Å². The maximum atomic E-state index is 11.7. The third kappa shape index (κ3) is 5.57. The Bertz CT molecular complexity index is 215. The first-order chi connectivity index (χ1) is 6.81. The minimum atomic E-state index is -0.655. The predicted molar refractivity (Wildman–Crippen MR) is 60.4 cm³/mol. The van der Waals surface area contributed by atoms with Gasteiger partial charge in [0.05, 0.1) is 12.0 Å². The van der Waals surface area contributed by atoms with Gasteiger partial charge in [0.15, 0.2) is 0 Å². The Hall–Kier alpha value is -0.830. The predicted octanol–water partition coefficient (Wildman–Crippen LogP) is 2.29. The molecule has 3 nitrogen and oxygen atoms in total. The molecule has 0 amide bonds. The van der Waals surface area contributed by atoms with Gasteiger partial charge in [0.1, 0.15) is 5.60 Å². The van der Waals surface area contributed by atoms with Crippen LogP contribution in [0.25, 0.3) is 0 Å². The van der Waals surface area contributed by atoms with E-state index in [2.05, 4.69) is 6.58 Å². The highest BCUT2D eigenvalue weighted by atomic mass is 16.6. The molecule has 0 saturated carbocycles. The molecule has 0 aromatic heterocycles. The number of aliphatic hydroxyl groups is 1. The van der Waals surface area contributed by atoms with Crippen LogP contribution in [0.4, 0.5) is 0 Å². The van der Waals surface area contributed by atoms with Crippen LogP contribution in [0.1, 0.15) is 40.5 Å². The van der Waals surface area contributed by atoms with Crippen LogP contribution < -0.4 is 0 Å². The molecule has 0 saturated heterocycles. The van der Waals surface area contributed by atoms with Gasteiger partial charge < -0.3 is 9.84 Å². The van der Waals surface area contributed by atoms with Crippen molar-refractivity contribution in [3.63, 3.8) is 0 Å². The average molecular weight is 214 g/mol. The van der Waals surface area contributed by atoms with Crippen molar-refractivity contribution >= 4 is 5.97 Å². The van der Waals surface area contributed by atoms with E-state index in [1.807, 2.05) is 27.7 Å². The molecule has 0 heterocycles. The zero-order valence-electron chi connectivity index (χ0n) is 10.1. The van der Waals surface area contributed by atoms with Crippen LogP contribution in [0.15, 0.2) is 12.7 Å². The minimum absolute atomic E-state index is 0.350. The van der Waals surface area contributed by atoms with Crippen molar-refractivity contribution in [1.29, 1.82) is 0 Å². The van der Waals surface area contributed by atoms with E-state index in [-0.39, 0.29) is 5.97 Å². The van der Waals surface area contributed by atoms with Gasteiger partial charge in [0, 0.05) is 0 Å². The summed E-state index contributed by atoms with van der Waals surface area (Å²) in [7, 11) is 0. The molecule has 0 spiro atoms. The summed E-state index contributed by atoms with van der Waals surface area (Å²) in [6, 6.07) is 0. The highest BCUT2D eigenvalue weighted by Crippen LogP contribution is 2.18. The number of ether oxygens (including phenoxy) is 1. The standard InChI is InChI=1S/C12H22O3/c1-6-8-9(10(13)7-2)11(14)15-12(3,4)5/h6,9-10,13H,1,7-8H2,2-5H3. The summed E-state index contributed by atoms with van der Waals surface area (Å²) in [5, 5.41) is 9.67. The number of hydrogen-bond donors (Lipinski definition) is 1. The SMILES string of the molecule is C=CCC(C(=O)OC(C)(C)C)C(O)CC. The molecule has 0 radical (unpaired) electrons. The fraction of sp³-hybridized carbons (Fsp3) is 0.750. The Morgan fingerprint density at radius 3 is 2.40 bits per heavy atom. The quantitative estimate of drug-likeness (QED) is 0.564. The second kappa shape index (κ2) is 5.91. The van der Waals surface area contributed by atoms with Gasteiger partial charge in [0.25, 0.3) is 0 Å². The van der Waals surface area contributed by atoms with Crippen LogP contribution >= 0.6 is 0 Å². The highest BCUT2D eigenvalue weighted by Gasteiger charge is 2.29. The monoisotopic (exact) mass is 214 g/mol. The normalized spacial score (nSPS) is 15.5. The third-order valence-electron chi connectivity index (χ3n) is 2.01. The fourth-order valence-corrected chi connectivity index (χ4v) is 1.25. The number of carbonyl (C=O) groups excluding carboxylic acids is 1. The Morgan fingerprint density at radius 2 is 2.07 bits per heavy atom. The molecule has 0 fully saturated rings. The van der Waals surface area contributed by atoms with E-state index in [0.717, 1.165) is 0 Å².